The van der Waals surface area contributed by atoms with Gasteiger partial charge < -0.3 is 10.3 Å². The van der Waals surface area contributed by atoms with Gasteiger partial charge in [0.1, 0.15) is 0 Å². The van der Waals surface area contributed by atoms with Crippen molar-refractivity contribution < 1.29 is 4.52 Å². The van der Waals surface area contributed by atoms with E-state index in [4.69, 9.17) is 10.3 Å². The first-order chi connectivity index (χ1) is 10.2. The van der Waals surface area contributed by atoms with Crippen molar-refractivity contribution in [2.24, 2.45) is 5.73 Å². The van der Waals surface area contributed by atoms with E-state index in [0.29, 0.717) is 10.5 Å². The molecular weight excluding hydrogens is 302 g/mol. The fourth-order valence-corrected chi connectivity index (χ4v) is 6.31. The zero-order valence-corrected chi connectivity index (χ0v) is 14.3. The molecule has 1 aliphatic heterocycles. The first kappa shape index (κ1) is 15.7. The maximum atomic E-state index is 6.50. The number of hydrogen-bond acceptors (Lipinski definition) is 6. The minimum Gasteiger partial charge on any atom is -0.339 e. The van der Waals surface area contributed by atoms with Crippen LogP contribution in [0.1, 0.15) is 62.4 Å². The largest absolute Gasteiger partial charge is 0.339 e. The Hall–Kier alpha value is -0.200. The van der Waals surface area contributed by atoms with Gasteiger partial charge in [0.05, 0.1) is 5.25 Å². The van der Waals surface area contributed by atoms with Crippen LogP contribution in [0, 0.1) is 0 Å². The van der Waals surface area contributed by atoms with Crippen LogP contribution < -0.4 is 5.73 Å². The molecule has 3 rings (SSSR count). The van der Waals surface area contributed by atoms with E-state index in [2.05, 4.69) is 17.1 Å². The number of nitrogens with zero attached hydrogens (tertiary/aromatic N) is 2. The van der Waals surface area contributed by atoms with Crippen molar-refractivity contribution in [3.63, 3.8) is 0 Å². The molecule has 1 saturated carbocycles. The van der Waals surface area contributed by atoms with Crippen LogP contribution in [0.15, 0.2) is 4.52 Å². The van der Waals surface area contributed by atoms with Crippen LogP contribution in [0.25, 0.3) is 0 Å². The molecule has 2 fully saturated rings. The molecule has 4 nitrogen and oxygen atoms in total. The topological polar surface area (TPSA) is 64.9 Å². The Kier molecular flexibility index (Phi) is 5.17. The summed E-state index contributed by atoms with van der Waals surface area (Å²) in [6.45, 7) is 2.24. The van der Waals surface area contributed by atoms with Gasteiger partial charge in [-0.25, -0.2) is 0 Å². The van der Waals surface area contributed by atoms with Gasteiger partial charge in [-0.15, -0.1) is 11.8 Å². The molecule has 2 aliphatic rings. The van der Waals surface area contributed by atoms with E-state index >= 15 is 0 Å². The molecule has 1 aliphatic carbocycles. The maximum absolute atomic E-state index is 6.50. The zero-order chi connectivity index (χ0) is 14.7. The first-order valence-electron chi connectivity index (χ1n) is 8.05. The van der Waals surface area contributed by atoms with Crippen LogP contribution in [0.3, 0.4) is 0 Å². The van der Waals surface area contributed by atoms with Crippen LogP contribution in [-0.4, -0.2) is 32.4 Å². The Morgan fingerprint density at radius 1 is 1.24 bits per heavy atom. The summed E-state index contributed by atoms with van der Waals surface area (Å²) in [4.78, 5) is 4.68. The van der Waals surface area contributed by atoms with Crippen LogP contribution >= 0.6 is 23.5 Å². The summed E-state index contributed by atoms with van der Waals surface area (Å²) in [7, 11) is 0. The summed E-state index contributed by atoms with van der Waals surface area (Å²) in [6.07, 6.45) is 7.82. The van der Waals surface area contributed by atoms with Crippen molar-refractivity contribution in [3.8, 4) is 0 Å². The third-order valence-electron chi connectivity index (χ3n) is 4.54. The van der Waals surface area contributed by atoms with Gasteiger partial charge in [0.15, 0.2) is 5.82 Å². The monoisotopic (exact) mass is 327 g/mol. The third kappa shape index (κ3) is 3.77. The Bertz CT molecular complexity index is 460. The maximum Gasteiger partial charge on any atom is 0.228 e. The van der Waals surface area contributed by atoms with E-state index in [9.17, 15) is 0 Å². The molecule has 21 heavy (non-hydrogen) atoms. The van der Waals surface area contributed by atoms with Crippen LogP contribution in [0.2, 0.25) is 0 Å². The van der Waals surface area contributed by atoms with E-state index in [1.807, 2.05) is 23.5 Å². The summed E-state index contributed by atoms with van der Waals surface area (Å²) in [5.41, 5.74) is 6.37. The fourth-order valence-electron chi connectivity index (χ4n) is 3.33. The molecule has 0 amide bonds. The van der Waals surface area contributed by atoms with E-state index in [-0.39, 0.29) is 5.54 Å². The van der Waals surface area contributed by atoms with Gasteiger partial charge in [0, 0.05) is 28.7 Å². The number of hydrogen-bond donors (Lipinski definition) is 1. The first-order valence-corrected chi connectivity index (χ1v) is 10.1. The zero-order valence-electron chi connectivity index (χ0n) is 12.7. The lowest BCUT2D eigenvalue weighted by Gasteiger charge is -2.32. The molecule has 2 unspecified atom stereocenters. The third-order valence-corrected chi connectivity index (χ3v) is 7.79. The molecule has 0 spiro atoms. The SMILES string of the molecule is CCC1SCCSC1c1noc(CC2(N)CCCCC2)n1. The number of rotatable bonds is 4. The minimum atomic E-state index is -0.124. The lowest BCUT2D eigenvalue weighted by Crippen LogP contribution is -2.43. The number of aromatic nitrogens is 2. The van der Waals surface area contributed by atoms with E-state index in [1.54, 1.807) is 0 Å². The molecule has 2 N–H and O–H groups in total. The molecule has 0 radical (unpaired) electrons. The van der Waals surface area contributed by atoms with Gasteiger partial charge in [0.2, 0.25) is 5.89 Å². The Morgan fingerprint density at radius 3 is 2.76 bits per heavy atom. The highest BCUT2D eigenvalue weighted by Crippen LogP contribution is 2.43. The van der Waals surface area contributed by atoms with Crippen molar-refractivity contribution in [1.82, 2.24) is 10.1 Å². The minimum absolute atomic E-state index is 0.124. The second-order valence-electron chi connectivity index (χ2n) is 6.26. The predicted octanol–water partition coefficient (Wildman–Crippen LogP) is 3.57. The average Bonchev–Trinajstić information content (AvgIpc) is 2.95. The lowest BCUT2D eigenvalue weighted by atomic mass is 9.80. The van der Waals surface area contributed by atoms with Crippen molar-refractivity contribution in [2.45, 2.75) is 67.9 Å². The van der Waals surface area contributed by atoms with Crippen LogP contribution in [0.5, 0.6) is 0 Å². The average molecular weight is 328 g/mol. The molecule has 1 aromatic heterocycles. The summed E-state index contributed by atoms with van der Waals surface area (Å²) in [5, 5.41) is 5.25. The quantitative estimate of drug-likeness (QED) is 0.912. The summed E-state index contributed by atoms with van der Waals surface area (Å²) in [5.74, 6) is 4.03. The van der Waals surface area contributed by atoms with Crippen LogP contribution in [-0.2, 0) is 6.42 Å². The normalized spacial score (nSPS) is 29.4. The molecular formula is C15H25N3OS2. The number of nitrogens with two attached hydrogens (primary N) is 1. The molecule has 118 valence electrons. The van der Waals surface area contributed by atoms with Gasteiger partial charge in [-0.1, -0.05) is 31.3 Å². The van der Waals surface area contributed by atoms with Gasteiger partial charge in [-0.05, 0) is 19.3 Å². The van der Waals surface area contributed by atoms with E-state index < -0.39 is 0 Å². The molecule has 0 aromatic carbocycles. The second-order valence-corrected chi connectivity index (χ2v) is 8.85. The summed E-state index contributed by atoms with van der Waals surface area (Å²) in [6, 6.07) is 0. The van der Waals surface area contributed by atoms with Crippen molar-refractivity contribution in [2.75, 3.05) is 11.5 Å². The standard InChI is InChI=1S/C15H25N3OS2/c1-2-11-13(21-9-8-20-11)14-17-12(19-18-14)10-15(16)6-4-3-5-7-15/h11,13H,2-10,16H2,1H3. The summed E-state index contributed by atoms with van der Waals surface area (Å²) >= 11 is 4.01. The fraction of sp³-hybridized carbons (Fsp3) is 0.867. The molecule has 1 saturated heterocycles. The van der Waals surface area contributed by atoms with Gasteiger partial charge in [-0.2, -0.15) is 16.7 Å². The predicted molar refractivity (Wildman–Crippen MR) is 89.7 cm³/mol. The van der Waals surface area contributed by atoms with Gasteiger partial charge in [0.25, 0.3) is 0 Å². The van der Waals surface area contributed by atoms with Gasteiger partial charge >= 0.3 is 0 Å². The Balaban J connectivity index is 1.67. The smallest absolute Gasteiger partial charge is 0.228 e. The Morgan fingerprint density at radius 2 is 2.00 bits per heavy atom. The molecule has 6 heteroatoms. The highest BCUT2D eigenvalue weighted by Gasteiger charge is 2.33. The molecule has 2 atom stereocenters. The van der Waals surface area contributed by atoms with Crippen molar-refractivity contribution >= 4 is 23.5 Å². The highest BCUT2D eigenvalue weighted by atomic mass is 32.2. The molecule has 1 aromatic rings. The van der Waals surface area contributed by atoms with Crippen LogP contribution in [0.4, 0.5) is 0 Å². The summed E-state index contributed by atoms with van der Waals surface area (Å²) < 4.78 is 5.51. The van der Waals surface area contributed by atoms with Crippen molar-refractivity contribution in [1.29, 1.82) is 0 Å². The molecule has 2 heterocycles. The lowest BCUT2D eigenvalue weighted by molar-refractivity contribution is 0.260. The van der Waals surface area contributed by atoms with E-state index in [0.717, 1.165) is 37.4 Å². The van der Waals surface area contributed by atoms with Crippen molar-refractivity contribution in [3.05, 3.63) is 11.7 Å². The van der Waals surface area contributed by atoms with Gasteiger partial charge in [-0.3, -0.25) is 0 Å². The number of thioether (sulfide) groups is 2. The molecule has 0 bridgehead atoms. The Labute approximate surface area is 135 Å². The van der Waals surface area contributed by atoms with E-state index in [1.165, 1.54) is 30.8 Å². The second kappa shape index (κ2) is 6.92. The highest BCUT2D eigenvalue weighted by molar-refractivity contribution is 8.06.